The highest BCUT2D eigenvalue weighted by Crippen LogP contribution is 2.44. The third-order valence-electron chi connectivity index (χ3n) is 4.60. The second-order valence-electron chi connectivity index (χ2n) is 6.21. The zero-order valence-corrected chi connectivity index (χ0v) is 15.1. The highest BCUT2D eigenvalue weighted by molar-refractivity contribution is 6.02. The van der Waals surface area contributed by atoms with E-state index in [4.69, 9.17) is 10.2 Å². The molecule has 0 saturated carbocycles. The number of carboxylic acid groups (broad SMARTS) is 4. The topological polar surface area (TPSA) is 149 Å². The molecule has 8 nitrogen and oxygen atoms in total. The summed E-state index contributed by atoms with van der Waals surface area (Å²) in [6.45, 7) is 0. The molecule has 4 N–H and O–H groups in total. The van der Waals surface area contributed by atoms with Gasteiger partial charge in [-0.1, -0.05) is 12.1 Å². The minimum Gasteiger partial charge on any atom is -0.478 e. The van der Waals surface area contributed by atoms with Crippen LogP contribution in [0.1, 0.15) is 52.6 Å². The normalized spacial score (nSPS) is 11.5. The first-order valence-corrected chi connectivity index (χ1v) is 8.14. The smallest absolute Gasteiger partial charge is 0.336 e. The summed E-state index contributed by atoms with van der Waals surface area (Å²) in [4.78, 5) is 45.1. The molecule has 0 atom stereocenters. The van der Waals surface area contributed by atoms with Crippen molar-refractivity contribution in [3.05, 3.63) is 69.8 Å². The maximum absolute atomic E-state index is 14.2. The summed E-state index contributed by atoms with van der Waals surface area (Å²) in [5.74, 6) is -7.27. The van der Waals surface area contributed by atoms with Gasteiger partial charge < -0.3 is 20.4 Å². The molecule has 0 amide bonds. The molecule has 0 unspecified atom stereocenters. The van der Waals surface area contributed by atoms with E-state index in [0.717, 1.165) is 0 Å². The second kappa shape index (κ2) is 8.42. The Hall–Kier alpha value is -3.96. The minimum absolute atomic E-state index is 0.343. The fourth-order valence-corrected chi connectivity index (χ4v) is 3.10. The molecule has 0 saturated heterocycles. The number of benzene rings is 2. The van der Waals surface area contributed by atoms with Crippen LogP contribution in [0.2, 0.25) is 0 Å². The summed E-state index contributed by atoms with van der Waals surface area (Å²) in [5, 5.41) is 36.5. The zero-order valence-electron chi connectivity index (χ0n) is 15.1. The summed E-state index contributed by atoms with van der Waals surface area (Å²) < 4.78 is 56.6. The quantitative estimate of drug-likeness (QED) is 0.453. The summed E-state index contributed by atoms with van der Waals surface area (Å²) in [7, 11) is 0. The van der Waals surface area contributed by atoms with Gasteiger partial charge in [-0.3, -0.25) is 0 Å². The number of halogens is 4. The average molecular weight is 444 g/mol. The van der Waals surface area contributed by atoms with Crippen LogP contribution in [0.15, 0.2) is 36.4 Å². The predicted octanol–water partition coefficient (Wildman–Crippen LogP) is 3.30. The van der Waals surface area contributed by atoms with Gasteiger partial charge in [-0.2, -0.15) is 0 Å². The van der Waals surface area contributed by atoms with Crippen LogP contribution >= 0.6 is 0 Å². The van der Waals surface area contributed by atoms with E-state index in [9.17, 15) is 47.0 Å². The third-order valence-corrected chi connectivity index (χ3v) is 4.60. The Morgan fingerprint density at radius 1 is 0.581 bits per heavy atom. The van der Waals surface area contributed by atoms with E-state index in [1.807, 2.05) is 0 Å². The lowest BCUT2D eigenvalue weighted by Gasteiger charge is -2.34. The molecule has 0 heterocycles. The Kier molecular flexibility index (Phi) is 6.33. The molecule has 0 aliphatic rings. The van der Waals surface area contributed by atoms with Gasteiger partial charge in [-0.05, 0) is 35.4 Å². The Labute approximate surface area is 170 Å². The Balaban J connectivity index is 2.94. The number of alkyl halides is 4. The Bertz CT molecular complexity index is 995. The number of rotatable bonds is 8. The van der Waals surface area contributed by atoms with Crippen LogP contribution in [0, 0.1) is 0 Å². The molecule has 2 aromatic carbocycles. The lowest BCUT2D eigenvalue weighted by molar-refractivity contribution is -0.0331. The first-order valence-electron chi connectivity index (χ1n) is 8.14. The van der Waals surface area contributed by atoms with Gasteiger partial charge in [0.05, 0.1) is 22.3 Å². The van der Waals surface area contributed by atoms with Crippen molar-refractivity contribution in [3.63, 3.8) is 0 Å². The van der Waals surface area contributed by atoms with Crippen molar-refractivity contribution in [3.8, 4) is 0 Å². The highest BCUT2D eigenvalue weighted by atomic mass is 19.3. The van der Waals surface area contributed by atoms with Crippen LogP contribution in [0.4, 0.5) is 17.6 Å². The first-order chi connectivity index (χ1) is 14.3. The third kappa shape index (κ3) is 3.91. The Morgan fingerprint density at radius 3 is 1.10 bits per heavy atom. The maximum Gasteiger partial charge on any atom is 0.336 e. The van der Waals surface area contributed by atoms with E-state index in [1.54, 1.807) is 0 Å². The monoisotopic (exact) mass is 444 g/mol. The molecule has 164 valence electrons. The largest absolute Gasteiger partial charge is 0.478 e. The number of carboxylic acids is 4. The molecule has 0 aliphatic heterocycles. The lowest BCUT2D eigenvalue weighted by Crippen LogP contribution is -2.43. The van der Waals surface area contributed by atoms with Crippen LogP contribution in [0.3, 0.4) is 0 Å². The molecule has 12 heteroatoms. The summed E-state index contributed by atoms with van der Waals surface area (Å²) in [6.07, 6.45) is -7.86. The van der Waals surface area contributed by atoms with E-state index >= 15 is 0 Å². The fourth-order valence-electron chi connectivity index (χ4n) is 3.10. The van der Waals surface area contributed by atoms with Crippen molar-refractivity contribution in [1.29, 1.82) is 0 Å². The molecule has 0 fully saturated rings. The molecule has 0 aromatic heterocycles. The second-order valence-corrected chi connectivity index (χ2v) is 6.21. The van der Waals surface area contributed by atoms with Crippen LogP contribution in [0.25, 0.3) is 0 Å². The maximum atomic E-state index is 14.2. The van der Waals surface area contributed by atoms with Gasteiger partial charge in [0, 0.05) is 0 Å². The highest BCUT2D eigenvalue weighted by Gasteiger charge is 2.52. The number of aromatic carboxylic acids is 4. The first kappa shape index (κ1) is 23.3. The summed E-state index contributed by atoms with van der Waals surface area (Å²) >= 11 is 0. The minimum atomic E-state index is -3.93. The Morgan fingerprint density at radius 2 is 0.871 bits per heavy atom. The van der Waals surface area contributed by atoms with E-state index < -0.39 is 75.5 Å². The van der Waals surface area contributed by atoms with E-state index in [2.05, 4.69) is 0 Å². The molecule has 0 radical (unpaired) electrons. The molecular formula is C19H12F4O8. The van der Waals surface area contributed by atoms with Crippen molar-refractivity contribution in [2.24, 2.45) is 0 Å². The van der Waals surface area contributed by atoms with Crippen molar-refractivity contribution >= 4 is 23.9 Å². The van der Waals surface area contributed by atoms with Gasteiger partial charge in [-0.15, -0.1) is 0 Å². The number of hydrogen-bond donors (Lipinski definition) is 4. The van der Waals surface area contributed by atoms with Crippen LogP contribution in [-0.4, -0.2) is 57.2 Å². The summed E-state index contributed by atoms with van der Waals surface area (Å²) in [6, 6.07) is 2.94. The molecular weight excluding hydrogens is 432 g/mol. The molecule has 2 aromatic rings. The van der Waals surface area contributed by atoms with Crippen LogP contribution < -0.4 is 0 Å². The lowest BCUT2D eigenvalue weighted by atomic mass is 9.73. The zero-order chi connectivity index (χ0) is 23.7. The standard InChI is InChI=1S/C19H12F4O8/c20-17(21)19(18(22)23,7-1-3-9(13(24)25)11(5-7)15(28)29)8-2-4-10(14(26)27)12(6-8)16(30)31/h1-6,17-18H,(H,24,25)(H,26,27)(H,28,29)(H,30,31). The van der Waals surface area contributed by atoms with E-state index in [0.29, 0.717) is 36.4 Å². The SMILES string of the molecule is O=C(O)c1ccc(C(c2ccc(C(=O)O)c(C(=O)O)c2)(C(F)F)C(F)F)cc1C(=O)O. The van der Waals surface area contributed by atoms with Crippen LogP contribution in [-0.2, 0) is 5.41 Å². The van der Waals surface area contributed by atoms with Crippen molar-refractivity contribution in [2.75, 3.05) is 0 Å². The fraction of sp³-hybridized carbons (Fsp3) is 0.158. The van der Waals surface area contributed by atoms with Crippen LogP contribution in [0.5, 0.6) is 0 Å². The van der Waals surface area contributed by atoms with Crippen molar-refractivity contribution < 1.29 is 57.2 Å². The number of hydrogen-bond acceptors (Lipinski definition) is 4. The molecule has 0 aliphatic carbocycles. The van der Waals surface area contributed by atoms with Gasteiger partial charge in [0.25, 0.3) is 12.9 Å². The van der Waals surface area contributed by atoms with E-state index in [1.165, 1.54) is 0 Å². The van der Waals surface area contributed by atoms with Gasteiger partial charge in [0.2, 0.25) is 0 Å². The molecule has 31 heavy (non-hydrogen) atoms. The molecule has 2 rings (SSSR count). The molecule has 0 spiro atoms. The average Bonchev–Trinajstić information content (AvgIpc) is 2.67. The van der Waals surface area contributed by atoms with E-state index in [-0.39, 0.29) is 0 Å². The van der Waals surface area contributed by atoms with Gasteiger partial charge in [0.15, 0.2) is 0 Å². The van der Waals surface area contributed by atoms with Crippen molar-refractivity contribution in [1.82, 2.24) is 0 Å². The van der Waals surface area contributed by atoms with Crippen molar-refractivity contribution in [2.45, 2.75) is 18.3 Å². The number of carbonyl (C=O) groups is 4. The van der Waals surface area contributed by atoms with Gasteiger partial charge in [0.1, 0.15) is 5.41 Å². The van der Waals surface area contributed by atoms with Gasteiger partial charge in [-0.25, -0.2) is 36.7 Å². The summed E-state index contributed by atoms with van der Waals surface area (Å²) in [5.41, 5.74) is -9.36. The molecule has 0 bridgehead atoms. The predicted molar refractivity (Wildman–Crippen MR) is 93.5 cm³/mol. The van der Waals surface area contributed by atoms with Gasteiger partial charge >= 0.3 is 23.9 Å².